The van der Waals surface area contributed by atoms with Gasteiger partial charge in [0.25, 0.3) is 5.91 Å². The average Bonchev–Trinajstić information content (AvgIpc) is 2.97. The first-order valence-electron chi connectivity index (χ1n) is 6.76. The molecule has 21 heavy (non-hydrogen) atoms. The summed E-state index contributed by atoms with van der Waals surface area (Å²) in [5.41, 5.74) is 1.20. The van der Waals surface area contributed by atoms with E-state index in [0.717, 1.165) is 12.2 Å². The SMILES string of the molecule is CNCCN(C)C(=O)c1nn(-c2ccccc2)cc1OC. The summed E-state index contributed by atoms with van der Waals surface area (Å²) >= 11 is 0. The molecule has 2 rings (SSSR count). The molecule has 0 spiro atoms. The van der Waals surface area contributed by atoms with Gasteiger partial charge in [-0.25, -0.2) is 4.68 Å². The normalized spacial score (nSPS) is 10.4. The Labute approximate surface area is 124 Å². The third-order valence-electron chi connectivity index (χ3n) is 3.17. The lowest BCUT2D eigenvalue weighted by atomic mass is 10.3. The third-order valence-corrected chi connectivity index (χ3v) is 3.17. The fourth-order valence-electron chi connectivity index (χ4n) is 1.93. The van der Waals surface area contributed by atoms with Crippen LogP contribution in [-0.2, 0) is 0 Å². The van der Waals surface area contributed by atoms with Gasteiger partial charge in [-0.3, -0.25) is 4.79 Å². The van der Waals surface area contributed by atoms with Crippen molar-refractivity contribution in [2.24, 2.45) is 0 Å². The van der Waals surface area contributed by atoms with Gasteiger partial charge in [0, 0.05) is 20.1 Å². The van der Waals surface area contributed by atoms with Gasteiger partial charge in [-0.15, -0.1) is 0 Å². The number of para-hydroxylation sites is 1. The van der Waals surface area contributed by atoms with Gasteiger partial charge in [0.05, 0.1) is 19.0 Å². The van der Waals surface area contributed by atoms with Crippen molar-refractivity contribution in [3.63, 3.8) is 0 Å². The van der Waals surface area contributed by atoms with Gasteiger partial charge < -0.3 is 15.0 Å². The Hall–Kier alpha value is -2.34. The van der Waals surface area contributed by atoms with Crippen LogP contribution in [0.2, 0.25) is 0 Å². The van der Waals surface area contributed by atoms with Crippen LogP contribution in [0, 0.1) is 0 Å². The molecule has 0 aliphatic carbocycles. The molecule has 1 heterocycles. The minimum atomic E-state index is -0.156. The fraction of sp³-hybridized carbons (Fsp3) is 0.333. The van der Waals surface area contributed by atoms with Crippen LogP contribution in [0.15, 0.2) is 36.5 Å². The molecule has 112 valence electrons. The average molecular weight is 288 g/mol. The topological polar surface area (TPSA) is 59.4 Å². The predicted molar refractivity (Wildman–Crippen MR) is 81.0 cm³/mol. The molecule has 0 bridgehead atoms. The van der Waals surface area contributed by atoms with E-state index in [2.05, 4.69) is 10.4 Å². The van der Waals surface area contributed by atoms with Crippen LogP contribution in [-0.4, -0.2) is 54.9 Å². The van der Waals surface area contributed by atoms with E-state index in [1.54, 1.807) is 22.8 Å². The fourth-order valence-corrected chi connectivity index (χ4v) is 1.93. The van der Waals surface area contributed by atoms with Crippen LogP contribution in [0.5, 0.6) is 5.75 Å². The Kier molecular flexibility index (Phi) is 4.94. The summed E-state index contributed by atoms with van der Waals surface area (Å²) in [6, 6.07) is 9.62. The summed E-state index contributed by atoms with van der Waals surface area (Å²) in [7, 11) is 5.14. The molecule has 0 atom stereocenters. The Morgan fingerprint density at radius 3 is 2.71 bits per heavy atom. The first-order chi connectivity index (χ1) is 10.2. The standard InChI is InChI=1S/C15H20N4O2/c1-16-9-10-18(2)15(20)14-13(21-3)11-19(17-14)12-7-5-4-6-8-12/h4-8,11,16H,9-10H2,1-3H3. The van der Waals surface area contributed by atoms with Crippen LogP contribution < -0.4 is 10.1 Å². The van der Waals surface area contributed by atoms with E-state index in [9.17, 15) is 4.79 Å². The molecule has 0 saturated carbocycles. The lowest BCUT2D eigenvalue weighted by Crippen LogP contribution is -2.33. The largest absolute Gasteiger partial charge is 0.493 e. The summed E-state index contributed by atoms with van der Waals surface area (Å²) < 4.78 is 6.93. The molecule has 6 heteroatoms. The van der Waals surface area contributed by atoms with Gasteiger partial charge in [0.2, 0.25) is 0 Å². The van der Waals surface area contributed by atoms with E-state index in [-0.39, 0.29) is 5.91 Å². The number of rotatable bonds is 6. The summed E-state index contributed by atoms with van der Waals surface area (Å²) in [5.74, 6) is 0.317. The number of ether oxygens (including phenoxy) is 1. The highest BCUT2D eigenvalue weighted by Crippen LogP contribution is 2.20. The zero-order chi connectivity index (χ0) is 15.2. The van der Waals surface area contributed by atoms with Gasteiger partial charge >= 0.3 is 0 Å². The number of carbonyl (C=O) groups is 1. The molecule has 0 unspecified atom stereocenters. The quantitative estimate of drug-likeness (QED) is 0.867. The summed E-state index contributed by atoms with van der Waals surface area (Å²) in [4.78, 5) is 14.0. The van der Waals surface area contributed by atoms with Crippen molar-refractivity contribution in [3.8, 4) is 11.4 Å². The third kappa shape index (κ3) is 3.41. The molecule has 1 aromatic heterocycles. The number of nitrogens with zero attached hydrogens (tertiary/aromatic N) is 3. The van der Waals surface area contributed by atoms with Crippen molar-refractivity contribution in [1.29, 1.82) is 0 Å². The smallest absolute Gasteiger partial charge is 0.278 e. The Morgan fingerprint density at radius 2 is 2.10 bits per heavy atom. The molecular formula is C15H20N4O2. The zero-order valence-electron chi connectivity index (χ0n) is 12.5. The van der Waals surface area contributed by atoms with Crippen LogP contribution >= 0.6 is 0 Å². The summed E-state index contributed by atoms with van der Waals surface area (Å²) in [6.07, 6.45) is 1.72. The number of hydrogen-bond acceptors (Lipinski definition) is 4. The minimum Gasteiger partial charge on any atom is -0.493 e. The minimum absolute atomic E-state index is 0.156. The number of hydrogen-bond donors (Lipinski definition) is 1. The van der Waals surface area contributed by atoms with Gasteiger partial charge in [-0.1, -0.05) is 18.2 Å². The number of carbonyl (C=O) groups excluding carboxylic acids is 1. The van der Waals surface area contributed by atoms with Crippen molar-refractivity contribution in [3.05, 3.63) is 42.2 Å². The first-order valence-corrected chi connectivity index (χ1v) is 6.76. The number of nitrogens with one attached hydrogen (secondary N) is 1. The lowest BCUT2D eigenvalue weighted by molar-refractivity contribution is 0.0787. The second-order valence-corrected chi connectivity index (χ2v) is 4.66. The number of benzene rings is 1. The summed E-state index contributed by atoms with van der Waals surface area (Å²) in [5, 5.41) is 7.37. The molecule has 0 aliphatic rings. The molecule has 1 aromatic carbocycles. The van der Waals surface area contributed by atoms with E-state index >= 15 is 0 Å². The highest BCUT2D eigenvalue weighted by molar-refractivity contribution is 5.94. The highest BCUT2D eigenvalue weighted by Gasteiger charge is 2.21. The van der Waals surface area contributed by atoms with Crippen LogP contribution in [0.25, 0.3) is 5.69 Å². The Balaban J connectivity index is 2.27. The maximum Gasteiger partial charge on any atom is 0.278 e. The monoisotopic (exact) mass is 288 g/mol. The number of amides is 1. The summed E-state index contributed by atoms with van der Waals surface area (Å²) in [6.45, 7) is 1.33. The van der Waals surface area contributed by atoms with E-state index in [1.165, 1.54) is 7.11 Å². The Bertz CT molecular complexity index is 595. The zero-order valence-corrected chi connectivity index (χ0v) is 12.5. The molecular weight excluding hydrogens is 268 g/mol. The van der Waals surface area contributed by atoms with Crippen LogP contribution in [0.1, 0.15) is 10.5 Å². The predicted octanol–water partition coefficient (Wildman–Crippen LogP) is 1.17. The molecule has 0 fully saturated rings. The van der Waals surface area contributed by atoms with Gasteiger partial charge in [-0.2, -0.15) is 5.10 Å². The van der Waals surface area contributed by atoms with Crippen molar-refractivity contribution in [1.82, 2.24) is 20.0 Å². The second-order valence-electron chi connectivity index (χ2n) is 4.66. The van der Waals surface area contributed by atoms with Crippen molar-refractivity contribution in [2.45, 2.75) is 0 Å². The van der Waals surface area contributed by atoms with Crippen molar-refractivity contribution >= 4 is 5.91 Å². The molecule has 0 aliphatic heterocycles. The number of aromatic nitrogens is 2. The van der Waals surface area contributed by atoms with E-state index in [4.69, 9.17) is 4.74 Å². The molecule has 0 radical (unpaired) electrons. The van der Waals surface area contributed by atoms with Gasteiger partial charge in [-0.05, 0) is 19.2 Å². The molecule has 6 nitrogen and oxygen atoms in total. The first kappa shape index (κ1) is 15.1. The van der Waals surface area contributed by atoms with Gasteiger partial charge in [0.15, 0.2) is 11.4 Å². The molecule has 1 N–H and O–H groups in total. The Morgan fingerprint density at radius 1 is 1.38 bits per heavy atom. The van der Waals surface area contributed by atoms with Crippen LogP contribution in [0.3, 0.4) is 0 Å². The molecule has 0 saturated heterocycles. The lowest BCUT2D eigenvalue weighted by Gasteiger charge is -2.15. The second kappa shape index (κ2) is 6.90. The van der Waals surface area contributed by atoms with E-state index < -0.39 is 0 Å². The number of likely N-dealkylation sites (N-methyl/N-ethyl adjacent to an activating group) is 2. The van der Waals surface area contributed by atoms with Crippen LogP contribution in [0.4, 0.5) is 0 Å². The molecule has 2 aromatic rings. The number of methoxy groups -OCH3 is 1. The van der Waals surface area contributed by atoms with E-state index in [1.807, 2.05) is 37.4 Å². The highest BCUT2D eigenvalue weighted by atomic mass is 16.5. The van der Waals surface area contributed by atoms with Crippen molar-refractivity contribution in [2.75, 3.05) is 34.3 Å². The van der Waals surface area contributed by atoms with E-state index in [0.29, 0.717) is 18.0 Å². The maximum absolute atomic E-state index is 12.4. The van der Waals surface area contributed by atoms with Crippen molar-refractivity contribution < 1.29 is 9.53 Å². The van der Waals surface area contributed by atoms with Gasteiger partial charge in [0.1, 0.15) is 0 Å². The maximum atomic E-state index is 12.4. The molecule has 1 amide bonds.